The van der Waals surface area contributed by atoms with Crippen molar-refractivity contribution in [1.29, 1.82) is 0 Å². The summed E-state index contributed by atoms with van der Waals surface area (Å²) in [6.07, 6.45) is 1.67. The van der Waals surface area contributed by atoms with Crippen LogP contribution in [0.3, 0.4) is 0 Å². The van der Waals surface area contributed by atoms with Crippen LogP contribution in [0.15, 0.2) is 0 Å². The van der Waals surface area contributed by atoms with Crippen LogP contribution in [0, 0.1) is 0 Å². The fraction of sp³-hybridized carbons (Fsp3) is 0.917. The molecule has 5 nitrogen and oxygen atoms in total. The van der Waals surface area contributed by atoms with Crippen molar-refractivity contribution in [3.8, 4) is 0 Å². The quantitative estimate of drug-likeness (QED) is 0.691. The molecule has 0 aliphatic carbocycles. The molecule has 2 fully saturated rings. The fourth-order valence-electron chi connectivity index (χ4n) is 2.51. The Morgan fingerprint density at radius 1 is 1.53 bits per heavy atom. The molecule has 1 unspecified atom stereocenters. The summed E-state index contributed by atoms with van der Waals surface area (Å²) >= 11 is 0. The molecule has 0 aromatic carbocycles. The van der Waals surface area contributed by atoms with Crippen molar-refractivity contribution in [2.75, 3.05) is 19.7 Å². The van der Waals surface area contributed by atoms with Crippen LogP contribution in [0.25, 0.3) is 0 Å². The zero-order valence-corrected chi connectivity index (χ0v) is 10.9. The summed E-state index contributed by atoms with van der Waals surface area (Å²) in [7, 11) is 0. The summed E-state index contributed by atoms with van der Waals surface area (Å²) in [5.41, 5.74) is 5.31. The molecular formula is C12H22N2O3. The maximum atomic E-state index is 11.9. The van der Waals surface area contributed by atoms with Gasteiger partial charge in [0.2, 0.25) is 0 Å². The van der Waals surface area contributed by atoms with E-state index in [0.29, 0.717) is 13.1 Å². The predicted molar refractivity (Wildman–Crippen MR) is 63.7 cm³/mol. The van der Waals surface area contributed by atoms with Crippen LogP contribution >= 0.6 is 0 Å². The van der Waals surface area contributed by atoms with Gasteiger partial charge in [0.25, 0.3) is 0 Å². The molecule has 2 heterocycles. The van der Waals surface area contributed by atoms with Crippen LogP contribution in [-0.4, -0.2) is 47.9 Å². The Morgan fingerprint density at radius 2 is 2.24 bits per heavy atom. The number of likely N-dealkylation sites (tertiary alicyclic amines) is 1. The molecule has 2 atom stereocenters. The molecule has 0 aromatic heterocycles. The van der Waals surface area contributed by atoms with Gasteiger partial charge in [0.05, 0.1) is 12.6 Å². The lowest BCUT2D eigenvalue weighted by Gasteiger charge is -2.27. The van der Waals surface area contributed by atoms with E-state index in [9.17, 15) is 4.79 Å². The van der Waals surface area contributed by atoms with Crippen LogP contribution < -0.4 is 5.73 Å². The highest BCUT2D eigenvalue weighted by Crippen LogP contribution is 2.34. The van der Waals surface area contributed by atoms with E-state index in [1.807, 2.05) is 20.8 Å². The highest BCUT2D eigenvalue weighted by atomic mass is 16.6. The lowest BCUT2D eigenvalue weighted by atomic mass is 9.95. The highest BCUT2D eigenvalue weighted by Gasteiger charge is 2.50. The van der Waals surface area contributed by atoms with Crippen molar-refractivity contribution in [3.05, 3.63) is 0 Å². The van der Waals surface area contributed by atoms with Gasteiger partial charge in [-0.15, -0.1) is 0 Å². The number of amides is 1. The second kappa shape index (κ2) is 4.14. The molecule has 2 aliphatic heterocycles. The van der Waals surface area contributed by atoms with E-state index in [2.05, 4.69) is 0 Å². The van der Waals surface area contributed by atoms with E-state index < -0.39 is 5.60 Å². The van der Waals surface area contributed by atoms with Crippen molar-refractivity contribution in [1.82, 2.24) is 4.90 Å². The van der Waals surface area contributed by atoms with Gasteiger partial charge >= 0.3 is 6.09 Å². The molecule has 0 bridgehead atoms. The van der Waals surface area contributed by atoms with Crippen molar-refractivity contribution >= 4 is 6.09 Å². The molecule has 98 valence electrons. The molecule has 1 spiro atoms. The summed E-state index contributed by atoms with van der Waals surface area (Å²) in [4.78, 5) is 13.6. The number of carbonyl (C=O) groups is 1. The first-order valence-corrected chi connectivity index (χ1v) is 6.20. The molecule has 5 heteroatoms. The van der Waals surface area contributed by atoms with Crippen LogP contribution in [-0.2, 0) is 9.47 Å². The Hall–Kier alpha value is -0.810. The summed E-state index contributed by atoms with van der Waals surface area (Å²) in [5, 5.41) is 0. The predicted octanol–water partition coefficient (Wildman–Crippen LogP) is 1.11. The smallest absolute Gasteiger partial charge is 0.410 e. The van der Waals surface area contributed by atoms with Gasteiger partial charge in [-0.25, -0.2) is 4.79 Å². The van der Waals surface area contributed by atoms with Gasteiger partial charge in [-0.1, -0.05) is 0 Å². The molecule has 2 N–H and O–H groups in total. The van der Waals surface area contributed by atoms with Gasteiger partial charge in [-0.05, 0) is 33.6 Å². The third-order valence-corrected chi connectivity index (χ3v) is 3.34. The lowest BCUT2D eigenvalue weighted by Crippen LogP contribution is -2.46. The minimum absolute atomic E-state index is 0.0995. The Balaban J connectivity index is 1.99. The number of carbonyl (C=O) groups excluding carboxylic acids is 1. The Bertz CT molecular complexity index is 305. The van der Waals surface area contributed by atoms with Gasteiger partial charge in [0.1, 0.15) is 11.2 Å². The molecule has 2 saturated heterocycles. The zero-order valence-electron chi connectivity index (χ0n) is 10.9. The number of ether oxygens (including phenoxy) is 2. The van der Waals surface area contributed by atoms with E-state index >= 15 is 0 Å². The summed E-state index contributed by atoms with van der Waals surface area (Å²) in [6, 6.07) is -0.0995. The van der Waals surface area contributed by atoms with Gasteiger partial charge in [-0.3, -0.25) is 0 Å². The third kappa shape index (κ3) is 2.55. The van der Waals surface area contributed by atoms with E-state index in [0.717, 1.165) is 19.4 Å². The Morgan fingerprint density at radius 3 is 2.76 bits per heavy atom. The average molecular weight is 242 g/mol. The lowest BCUT2D eigenvalue weighted by molar-refractivity contribution is -0.00527. The van der Waals surface area contributed by atoms with E-state index in [4.69, 9.17) is 15.2 Å². The highest BCUT2D eigenvalue weighted by molar-refractivity contribution is 5.69. The largest absolute Gasteiger partial charge is 0.444 e. The van der Waals surface area contributed by atoms with E-state index in [-0.39, 0.29) is 17.7 Å². The molecule has 0 aromatic rings. The topological polar surface area (TPSA) is 64.8 Å². The Kier molecular flexibility index (Phi) is 3.08. The summed E-state index contributed by atoms with van der Waals surface area (Å²) < 4.78 is 11.1. The Labute approximate surface area is 102 Å². The molecule has 0 radical (unpaired) electrons. The maximum Gasteiger partial charge on any atom is 0.410 e. The zero-order chi connectivity index (χ0) is 12.7. The summed E-state index contributed by atoms with van der Waals surface area (Å²) in [6.45, 7) is 7.42. The van der Waals surface area contributed by atoms with Gasteiger partial charge in [0, 0.05) is 13.2 Å². The van der Waals surface area contributed by atoms with Gasteiger partial charge in [0.15, 0.2) is 0 Å². The SMILES string of the molecule is CC(C)(C)OC(=O)N1C[C@H](N)C2(CCCO2)C1. The number of nitrogens with two attached hydrogens (primary N) is 1. The number of hydrogen-bond acceptors (Lipinski definition) is 4. The average Bonchev–Trinajstić information content (AvgIpc) is 2.74. The van der Waals surface area contributed by atoms with Crippen molar-refractivity contribution in [2.45, 2.75) is 50.9 Å². The van der Waals surface area contributed by atoms with Crippen LogP contribution in [0.4, 0.5) is 4.79 Å². The third-order valence-electron chi connectivity index (χ3n) is 3.34. The van der Waals surface area contributed by atoms with Crippen molar-refractivity contribution < 1.29 is 14.3 Å². The number of hydrogen-bond donors (Lipinski definition) is 1. The molecule has 0 saturated carbocycles. The first-order chi connectivity index (χ1) is 7.82. The van der Waals surface area contributed by atoms with E-state index in [1.54, 1.807) is 4.90 Å². The van der Waals surface area contributed by atoms with Crippen molar-refractivity contribution in [3.63, 3.8) is 0 Å². The normalized spacial score (nSPS) is 33.4. The van der Waals surface area contributed by atoms with Crippen LogP contribution in [0.1, 0.15) is 33.6 Å². The van der Waals surface area contributed by atoms with Gasteiger partial charge in [-0.2, -0.15) is 0 Å². The minimum Gasteiger partial charge on any atom is -0.444 e. The first-order valence-electron chi connectivity index (χ1n) is 6.20. The maximum absolute atomic E-state index is 11.9. The number of nitrogens with zero attached hydrogens (tertiary/aromatic N) is 1. The monoisotopic (exact) mass is 242 g/mol. The summed E-state index contributed by atoms with van der Waals surface area (Å²) in [5.74, 6) is 0. The van der Waals surface area contributed by atoms with Gasteiger partial charge < -0.3 is 20.1 Å². The minimum atomic E-state index is -0.465. The van der Waals surface area contributed by atoms with Crippen LogP contribution in [0.2, 0.25) is 0 Å². The first kappa shape index (κ1) is 12.6. The van der Waals surface area contributed by atoms with Crippen LogP contribution in [0.5, 0.6) is 0 Å². The molecule has 2 rings (SSSR count). The second-order valence-electron chi connectivity index (χ2n) is 5.98. The standard InChI is InChI=1S/C12H22N2O3/c1-11(2,3)17-10(15)14-7-9(13)12(8-14)5-4-6-16-12/h9H,4-8,13H2,1-3H3/t9-,12?/m0/s1. The molecule has 2 aliphatic rings. The number of rotatable bonds is 0. The fourth-order valence-corrected chi connectivity index (χ4v) is 2.51. The van der Waals surface area contributed by atoms with E-state index in [1.165, 1.54) is 0 Å². The second-order valence-corrected chi connectivity index (χ2v) is 5.98. The molecule has 17 heavy (non-hydrogen) atoms. The van der Waals surface area contributed by atoms with Crippen molar-refractivity contribution in [2.24, 2.45) is 5.73 Å². The molecular weight excluding hydrogens is 220 g/mol. The molecule has 1 amide bonds.